The summed E-state index contributed by atoms with van der Waals surface area (Å²) in [6, 6.07) is 9.82. The van der Waals surface area contributed by atoms with Gasteiger partial charge in [0, 0.05) is 11.8 Å². The number of hydrogen-bond acceptors (Lipinski definition) is 1. The van der Waals surface area contributed by atoms with E-state index in [-0.39, 0.29) is 5.82 Å². The maximum atomic E-state index is 14.7. The first kappa shape index (κ1) is 22.0. The smallest absolute Gasteiger partial charge is 0.132 e. The molecule has 0 unspecified atom stereocenters. The van der Waals surface area contributed by atoms with Crippen molar-refractivity contribution >= 4 is 0 Å². The quantitative estimate of drug-likeness (QED) is 0.368. The largest absolute Gasteiger partial charge is 0.256 e. The SMILES string of the molecule is CCCCCCCCC1CCC(c2cccnc2-c2ccc(CC)cc2F)CC1. The van der Waals surface area contributed by atoms with E-state index >= 15 is 0 Å². The summed E-state index contributed by atoms with van der Waals surface area (Å²) in [5.74, 6) is 1.27. The average molecular weight is 396 g/mol. The second-order valence-corrected chi connectivity index (χ2v) is 8.88. The van der Waals surface area contributed by atoms with E-state index < -0.39 is 0 Å². The summed E-state index contributed by atoms with van der Waals surface area (Å²) in [6.45, 7) is 4.34. The van der Waals surface area contributed by atoms with Gasteiger partial charge in [0.2, 0.25) is 0 Å². The van der Waals surface area contributed by atoms with Gasteiger partial charge in [0.15, 0.2) is 0 Å². The van der Waals surface area contributed by atoms with Crippen molar-refractivity contribution in [2.45, 2.75) is 96.8 Å². The van der Waals surface area contributed by atoms with E-state index in [1.807, 2.05) is 18.2 Å². The van der Waals surface area contributed by atoms with E-state index in [2.05, 4.69) is 24.9 Å². The van der Waals surface area contributed by atoms with Crippen molar-refractivity contribution in [1.29, 1.82) is 0 Å². The number of halogens is 1. The van der Waals surface area contributed by atoms with Gasteiger partial charge in [-0.1, -0.05) is 70.9 Å². The van der Waals surface area contributed by atoms with Gasteiger partial charge in [0.05, 0.1) is 5.69 Å². The van der Waals surface area contributed by atoms with Crippen LogP contribution in [-0.2, 0) is 6.42 Å². The number of aromatic nitrogens is 1. The molecule has 0 radical (unpaired) electrons. The van der Waals surface area contributed by atoms with Crippen LogP contribution in [0.3, 0.4) is 0 Å². The Labute approximate surface area is 177 Å². The topological polar surface area (TPSA) is 12.9 Å². The van der Waals surface area contributed by atoms with Crippen LogP contribution in [0.25, 0.3) is 11.3 Å². The zero-order valence-electron chi connectivity index (χ0n) is 18.4. The van der Waals surface area contributed by atoms with Crippen LogP contribution in [0.1, 0.15) is 102 Å². The Balaban J connectivity index is 1.58. The Bertz CT molecular complexity index is 746. The average Bonchev–Trinajstić information content (AvgIpc) is 2.76. The van der Waals surface area contributed by atoms with E-state index in [1.54, 1.807) is 12.3 Å². The minimum absolute atomic E-state index is 0.138. The Hall–Kier alpha value is -1.70. The van der Waals surface area contributed by atoms with Gasteiger partial charge >= 0.3 is 0 Å². The predicted molar refractivity (Wildman–Crippen MR) is 122 cm³/mol. The molecule has 0 atom stereocenters. The highest BCUT2D eigenvalue weighted by Gasteiger charge is 2.25. The monoisotopic (exact) mass is 395 g/mol. The second kappa shape index (κ2) is 11.5. The van der Waals surface area contributed by atoms with Crippen molar-refractivity contribution in [3.05, 3.63) is 53.5 Å². The molecule has 0 spiro atoms. The van der Waals surface area contributed by atoms with Gasteiger partial charge in [-0.2, -0.15) is 0 Å². The number of unbranched alkanes of at least 4 members (excludes halogenated alkanes) is 5. The van der Waals surface area contributed by atoms with Crippen molar-refractivity contribution < 1.29 is 4.39 Å². The Morgan fingerprint density at radius 3 is 2.41 bits per heavy atom. The van der Waals surface area contributed by atoms with Crippen LogP contribution in [0.2, 0.25) is 0 Å². The molecule has 0 amide bonds. The van der Waals surface area contributed by atoms with Crippen LogP contribution in [0, 0.1) is 11.7 Å². The minimum atomic E-state index is -0.138. The fourth-order valence-electron chi connectivity index (χ4n) is 4.92. The fraction of sp³-hybridized carbons (Fsp3) is 0.593. The lowest BCUT2D eigenvalue weighted by atomic mass is 9.76. The van der Waals surface area contributed by atoms with Crippen LogP contribution in [0.5, 0.6) is 0 Å². The van der Waals surface area contributed by atoms with Crippen LogP contribution in [-0.4, -0.2) is 4.98 Å². The van der Waals surface area contributed by atoms with E-state index in [0.29, 0.717) is 11.5 Å². The molecule has 0 saturated heterocycles. The summed E-state index contributed by atoms with van der Waals surface area (Å²) in [7, 11) is 0. The molecule has 3 rings (SSSR count). The number of hydrogen-bond donors (Lipinski definition) is 0. The molecule has 1 heterocycles. The fourth-order valence-corrected chi connectivity index (χ4v) is 4.92. The van der Waals surface area contributed by atoms with Crippen molar-refractivity contribution in [2.75, 3.05) is 0 Å². The van der Waals surface area contributed by atoms with Gasteiger partial charge in [0.1, 0.15) is 5.82 Å². The summed E-state index contributed by atoms with van der Waals surface area (Å²) in [5, 5.41) is 0. The number of aryl methyl sites for hydroxylation is 1. The summed E-state index contributed by atoms with van der Waals surface area (Å²) >= 11 is 0. The molecule has 1 aromatic heterocycles. The molecule has 1 fully saturated rings. The molecule has 1 nitrogen and oxygen atoms in total. The maximum absolute atomic E-state index is 14.7. The summed E-state index contributed by atoms with van der Waals surface area (Å²) < 4.78 is 14.7. The Morgan fingerprint density at radius 1 is 0.931 bits per heavy atom. The zero-order valence-corrected chi connectivity index (χ0v) is 18.4. The van der Waals surface area contributed by atoms with Gasteiger partial charge in [-0.25, -0.2) is 4.39 Å². The number of benzene rings is 1. The number of rotatable bonds is 10. The molecule has 158 valence electrons. The van der Waals surface area contributed by atoms with Crippen molar-refractivity contribution in [2.24, 2.45) is 5.92 Å². The second-order valence-electron chi connectivity index (χ2n) is 8.88. The first-order valence-electron chi connectivity index (χ1n) is 12.0. The summed E-state index contributed by atoms with van der Waals surface area (Å²) in [5.41, 5.74) is 3.80. The highest BCUT2D eigenvalue weighted by Crippen LogP contribution is 2.41. The molecule has 0 bridgehead atoms. The van der Waals surface area contributed by atoms with Gasteiger partial charge in [-0.3, -0.25) is 4.98 Å². The van der Waals surface area contributed by atoms with Crippen LogP contribution in [0.4, 0.5) is 4.39 Å². The molecule has 1 aliphatic rings. The van der Waals surface area contributed by atoms with E-state index in [4.69, 9.17) is 0 Å². The lowest BCUT2D eigenvalue weighted by Gasteiger charge is -2.30. The van der Waals surface area contributed by atoms with Crippen LogP contribution < -0.4 is 0 Å². The third-order valence-corrected chi connectivity index (χ3v) is 6.79. The third-order valence-electron chi connectivity index (χ3n) is 6.79. The highest BCUT2D eigenvalue weighted by molar-refractivity contribution is 5.65. The third kappa shape index (κ3) is 6.14. The van der Waals surface area contributed by atoms with Gasteiger partial charge < -0.3 is 0 Å². The lowest BCUT2D eigenvalue weighted by molar-refractivity contribution is 0.302. The summed E-state index contributed by atoms with van der Waals surface area (Å²) in [6.07, 6.45) is 17.4. The van der Waals surface area contributed by atoms with Gasteiger partial charge in [0.25, 0.3) is 0 Å². The molecule has 1 aromatic carbocycles. The first-order valence-corrected chi connectivity index (χ1v) is 12.0. The standard InChI is InChI=1S/C27H38FN/c1-3-5-6-7-8-9-11-22-13-16-23(17-14-22)24-12-10-19-29-27(24)25-18-15-21(4-2)20-26(25)28/h10,12,15,18-20,22-23H,3-9,11,13-14,16-17H2,1-2H3. The molecule has 0 aliphatic heterocycles. The van der Waals surface area contributed by atoms with Gasteiger partial charge in [-0.05, 0) is 73.3 Å². The zero-order chi connectivity index (χ0) is 20.5. The molecule has 29 heavy (non-hydrogen) atoms. The normalized spacial score (nSPS) is 19.4. The molecular weight excluding hydrogens is 357 g/mol. The molecule has 2 heteroatoms. The number of nitrogens with zero attached hydrogens (tertiary/aromatic N) is 1. The van der Waals surface area contributed by atoms with E-state index in [0.717, 1.165) is 23.6 Å². The van der Waals surface area contributed by atoms with E-state index in [1.165, 1.54) is 76.2 Å². The molecule has 1 saturated carbocycles. The Kier molecular flexibility index (Phi) is 8.70. The highest BCUT2D eigenvalue weighted by atomic mass is 19.1. The van der Waals surface area contributed by atoms with Crippen molar-refractivity contribution in [3.63, 3.8) is 0 Å². The first-order chi connectivity index (χ1) is 14.2. The van der Waals surface area contributed by atoms with Crippen molar-refractivity contribution in [1.82, 2.24) is 4.98 Å². The molecular formula is C27H38FN. The summed E-state index contributed by atoms with van der Waals surface area (Å²) in [4.78, 5) is 4.60. The van der Waals surface area contributed by atoms with Gasteiger partial charge in [-0.15, -0.1) is 0 Å². The van der Waals surface area contributed by atoms with Crippen LogP contribution >= 0.6 is 0 Å². The Morgan fingerprint density at radius 2 is 1.69 bits per heavy atom. The molecule has 2 aromatic rings. The minimum Gasteiger partial charge on any atom is -0.256 e. The molecule has 1 aliphatic carbocycles. The molecule has 0 N–H and O–H groups in total. The lowest BCUT2D eigenvalue weighted by Crippen LogP contribution is -2.14. The van der Waals surface area contributed by atoms with Crippen LogP contribution in [0.15, 0.2) is 36.5 Å². The maximum Gasteiger partial charge on any atom is 0.132 e. The van der Waals surface area contributed by atoms with Crippen molar-refractivity contribution in [3.8, 4) is 11.3 Å². The van der Waals surface area contributed by atoms with E-state index in [9.17, 15) is 4.39 Å². The predicted octanol–water partition coefficient (Wildman–Crippen LogP) is 8.47. The number of pyridine rings is 1.